The van der Waals surface area contributed by atoms with Gasteiger partial charge in [0.1, 0.15) is 5.82 Å². The molecule has 4 amide bonds. The van der Waals surface area contributed by atoms with Gasteiger partial charge in [0.05, 0.1) is 33.4 Å². The smallest absolute Gasteiger partial charge is 0.323 e. The van der Waals surface area contributed by atoms with Crippen LogP contribution in [0.25, 0.3) is 22.1 Å². The van der Waals surface area contributed by atoms with Crippen molar-refractivity contribution in [2.24, 2.45) is 0 Å². The van der Waals surface area contributed by atoms with Crippen molar-refractivity contribution in [3.63, 3.8) is 0 Å². The van der Waals surface area contributed by atoms with E-state index < -0.39 is 6.03 Å². The predicted octanol–water partition coefficient (Wildman–Crippen LogP) is 5.15. The van der Waals surface area contributed by atoms with Gasteiger partial charge in [-0.1, -0.05) is 48.0 Å². The number of H-pyrrole nitrogens is 4. The Hall–Kier alpha value is -5.82. The van der Waals surface area contributed by atoms with Gasteiger partial charge in [-0.3, -0.25) is 0 Å². The first kappa shape index (κ1) is 29.7. The van der Waals surface area contributed by atoms with Crippen LogP contribution in [0.4, 0.5) is 25.4 Å². The number of halogens is 2. The maximum atomic E-state index is 12.8. The van der Waals surface area contributed by atoms with Gasteiger partial charge in [-0.2, -0.15) is 0 Å². The quantitative estimate of drug-likeness (QED) is 0.129. The maximum absolute atomic E-state index is 12.8. The van der Waals surface area contributed by atoms with E-state index in [1.165, 1.54) is 12.1 Å². The summed E-state index contributed by atoms with van der Waals surface area (Å²) in [5.41, 5.74) is 4.44. The number of hydrogen-bond acceptors (Lipinski definition) is 4. The predicted molar refractivity (Wildman–Crippen MR) is 167 cm³/mol. The molecule has 0 aliphatic carbocycles. The first-order chi connectivity index (χ1) is 21.2. The fraction of sp³-hybridized carbons (Fsp3) is 0.0667. The van der Waals surface area contributed by atoms with Crippen LogP contribution in [0.2, 0.25) is 5.02 Å². The number of rotatable bonds is 6. The number of carbonyl (C=O) groups excluding carboxylic acids is 2. The Labute approximate surface area is 253 Å². The molecule has 224 valence electrons. The molecule has 0 unspecified atom stereocenters. The average molecular weight is 617 g/mol. The highest BCUT2D eigenvalue weighted by molar-refractivity contribution is 6.30. The third kappa shape index (κ3) is 7.72. The number of nitrogens with one attached hydrogen (secondary N) is 8. The van der Waals surface area contributed by atoms with Crippen molar-refractivity contribution in [2.45, 2.75) is 13.1 Å². The molecule has 0 atom stereocenters. The second-order valence-corrected chi connectivity index (χ2v) is 9.92. The van der Waals surface area contributed by atoms with Crippen LogP contribution in [-0.2, 0) is 13.1 Å². The molecule has 4 aromatic carbocycles. The number of anilines is 2. The Kier molecular flexibility index (Phi) is 9.06. The number of benzene rings is 4. The lowest BCUT2D eigenvalue weighted by molar-refractivity contribution is 0.251. The number of hydrogen-bond donors (Lipinski definition) is 8. The molecular weight excluding hydrogens is 591 g/mol. The van der Waals surface area contributed by atoms with Gasteiger partial charge in [-0.25, -0.2) is 23.6 Å². The summed E-state index contributed by atoms with van der Waals surface area (Å²) in [5, 5.41) is 11.4. The van der Waals surface area contributed by atoms with E-state index >= 15 is 0 Å². The fourth-order valence-corrected chi connectivity index (χ4v) is 4.35. The summed E-state index contributed by atoms with van der Waals surface area (Å²) in [7, 11) is 0. The second-order valence-electron chi connectivity index (χ2n) is 9.48. The van der Waals surface area contributed by atoms with Crippen molar-refractivity contribution in [3.05, 3.63) is 128 Å². The molecule has 6 aromatic rings. The Bertz CT molecular complexity index is 1880. The number of aromatic amines is 4. The lowest BCUT2D eigenvalue weighted by Gasteiger charge is -2.08. The van der Waals surface area contributed by atoms with Crippen molar-refractivity contribution < 1.29 is 14.0 Å². The van der Waals surface area contributed by atoms with Gasteiger partial charge in [-0.15, -0.1) is 0 Å². The Morgan fingerprint density at radius 3 is 1.50 bits per heavy atom. The number of carbonyl (C=O) groups is 2. The average Bonchev–Trinajstić information content (AvgIpc) is 3.59. The maximum Gasteiger partial charge on any atom is 0.323 e. The van der Waals surface area contributed by atoms with E-state index in [1.54, 1.807) is 60.7 Å². The standard InChI is InChI=1S/C15H13ClN4O2.C15H13FN4O2/c2*16-10-6-4-9(5-7-10)8-17-14(21)18-11-2-1-3-12-13(11)20-15(22)19-12/h2*1-7H,8H2,(H2,17,18,21)(H2,19,20,22). The number of amides is 4. The number of urea groups is 2. The minimum atomic E-state index is -0.418. The monoisotopic (exact) mass is 616 g/mol. The van der Waals surface area contributed by atoms with E-state index in [0.717, 1.165) is 11.1 Å². The summed E-state index contributed by atoms with van der Waals surface area (Å²) in [6, 6.07) is 22.7. The molecule has 2 aromatic heterocycles. The molecule has 8 N–H and O–H groups in total. The lowest BCUT2D eigenvalue weighted by atomic mass is 10.2. The van der Waals surface area contributed by atoms with E-state index in [-0.39, 0.29) is 29.8 Å². The van der Waals surface area contributed by atoms with E-state index in [2.05, 4.69) is 41.2 Å². The second kappa shape index (κ2) is 13.4. The van der Waals surface area contributed by atoms with Crippen molar-refractivity contribution in [1.82, 2.24) is 30.6 Å². The van der Waals surface area contributed by atoms with Crippen LogP contribution < -0.4 is 32.6 Å². The molecule has 0 radical (unpaired) electrons. The van der Waals surface area contributed by atoms with Gasteiger partial charge in [0.25, 0.3) is 0 Å². The molecule has 0 fully saturated rings. The summed E-state index contributed by atoms with van der Waals surface area (Å²) in [6.07, 6.45) is 0. The molecule has 12 nitrogen and oxygen atoms in total. The molecule has 0 saturated carbocycles. The van der Waals surface area contributed by atoms with Gasteiger partial charge in [0, 0.05) is 18.1 Å². The van der Waals surface area contributed by atoms with Gasteiger partial charge in [0.2, 0.25) is 0 Å². The van der Waals surface area contributed by atoms with Gasteiger partial charge in [-0.05, 0) is 59.7 Å². The third-order valence-corrected chi connectivity index (χ3v) is 6.58. The Morgan fingerprint density at radius 1 is 0.614 bits per heavy atom. The molecule has 44 heavy (non-hydrogen) atoms. The van der Waals surface area contributed by atoms with Crippen LogP contribution >= 0.6 is 11.6 Å². The number of aromatic nitrogens is 4. The lowest BCUT2D eigenvalue weighted by Crippen LogP contribution is -2.28. The molecule has 0 bridgehead atoms. The summed E-state index contributed by atoms with van der Waals surface area (Å²) < 4.78 is 12.8. The van der Waals surface area contributed by atoms with E-state index in [1.807, 2.05) is 12.1 Å². The summed E-state index contributed by atoms with van der Waals surface area (Å²) in [5.74, 6) is -0.323. The number of imidazole rings is 2. The largest absolute Gasteiger partial charge is 0.334 e. The molecule has 0 spiro atoms. The van der Waals surface area contributed by atoms with E-state index in [9.17, 15) is 23.6 Å². The van der Waals surface area contributed by atoms with Crippen LogP contribution in [-0.4, -0.2) is 32.0 Å². The summed E-state index contributed by atoms with van der Waals surface area (Å²) in [6.45, 7) is 0.647. The summed E-state index contributed by atoms with van der Waals surface area (Å²) >= 11 is 5.81. The summed E-state index contributed by atoms with van der Waals surface area (Å²) in [4.78, 5) is 57.0. The zero-order chi connectivity index (χ0) is 31.1. The molecule has 0 aliphatic heterocycles. The fourth-order valence-electron chi connectivity index (χ4n) is 4.23. The minimum absolute atomic E-state index is 0.270. The molecule has 6 rings (SSSR count). The highest BCUT2D eigenvalue weighted by Gasteiger charge is 2.09. The van der Waals surface area contributed by atoms with Gasteiger partial charge >= 0.3 is 23.4 Å². The third-order valence-electron chi connectivity index (χ3n) is 6.33. The van der Waals surface area contributed by atoms with Crippen LogP contribution in [0.1, 0.15) is 11.1 Å². The van der Waals surface area contributed by atoms with Crippen molar-refractivity contribution in [1.29, 1.82) is 0 Å². The van der Waals surface area contributed by atoms with Gasteiger partial charge in [0.15, 0.2) is 0 Å². The zero-order valence-corrected chi connectivity index (χ0v) is 23.6. The molecule has 2 heterocycles. The normalized spacial score (nSPS) is 10.6. The van der Waals surface area contributed by atoms with Crippen molar-refractivity contribution >= 4 is 57.1 Å². The minimum Gasteiger partial charge on any atom is -0.334 e. The van der Waals surface area contributed by atoms with Crippen LogP contribution in [0.5, 0.6) is 0 Å². The van der Waals surface area contributed by atoms with Crippen LogP contribution in [0.3, 0.4) is 0 Å². The first-order valence-corrected chi connectivity index (χ1v) is 13.6. The van der Waals surface area contributed by atoms with Crippen molar-refractivity contribution in [3.8, 4) is 0 Å². The van der Waals surface area contributed by atoms with Crippen LogP contribution in [0, 0.1) is 5.82 Å². The molecule has 0 aliphatic rings. The van der Waals surface area contributed by atoms with Gasteiger partial charge < -0.3 is 41.2 Å². The highest BCUT2D eigenvalue weighted by Crippen LogP contribution is 2.19. The van der Waals surface area contributed by atoms with E-state index in [4.69, 9.17) is 11.6 Å². The van der Waals surface area contributed by atoms with E-state index in [0.29, 0.717) is 45.0 Å². The van der Waals surface area contributed by atoms with Crippen LogP contribution in [0.15, 0.2) is 94.5 Å². The molecule has 14 heteroatoms. The SMILES string of the molecule is O=C(NCc1ccc(Cl)cc1)Nc1cccc2[nH]c(=O)[nH]c12.O=C(NCc1ccc(F)cc1)Nc1cccc2[nH]c(=O)[nH]c12. The number of fused-ring (bicyclic) bond motifs is 2. The Balaban J connectivity index is 0.000000175. The Morgan fingerprint density at radius 2 is 1.05 bits per heavy atom. The molecular formula is C30H26ClFN8O4. The highest BCUT2D eigenvalue weighted by atomic mass is 35.5. The molecule has 0 saturated heterocycles. The number of para-hydroxylation sites is 2. The topological polar surface area (TPSA) is 180 Å². The zero-order valence-electron chi connectivity index (χ0n) is 22.9. The van der Waals surface area contributed by atoms with Crippen molar-refractivity contribution in [2.75, 3.05) is 10.6 Å². The first-order valence-electron chi connectivity index (χ1n) is 13.2.